The van der Waals surface area contributed by atoms with Gasteiger partial charge in [-0.05, 0) is 37.0 Å². The predicted octanol–water partition coefficient (Wildman–Crippen LogP) is 4.15. The van der Waals surface area contributed by atoms with Gasteiger partial charge in [0.15, 0.2) is 0 Å². The first-order chi connectivity index (χ1) is 8.15. The van der Waals surface area contributed by atoms with Gasteiger partial charge in [-0.15, -0.1) is 0 Å². The molecule has 1 aliphatic carbocycles. The molecule has 1 nitrogen and oxygen atoms in total. The minimum atomic E-state index is -0.349. The molecule has 0 spiro atoms. The monoisotopic (exact) mass is 255 g/mol. The van der Waals surface area contributed by atoms with Crippen molar-refractivity contribution in [1.82, 2.24) is 5.32 Å². The Morgan fingerprint density at radius 1 is 1.47 bits per heavy atom. The fraction of sp³-hybridized carbons (Fsp3) is 0.571. The van der Waals surface area contributed by atoms with E-state index in [-0.39, 0.29) is 10.8 Å². The highest BCUT2D eigenvalue weighted by atomic mass is 35.5. The van der Waals surface area contributed by atoms with Crippen LogP contribution in [-0.2, 0) is 6.54 Å². The fourth-order valence-electron chi connectivity index (χ4n) is 2.25. The molecule has 1 N–H and O–H groups in total. The Kier molecular flexibility index (Phi) is 4.41. The number of rotatable bonds is 5. The standard InChI is InChI=1S/C14H19ClFN/c1-10(7-11-3-2-4-11)17-9-12-5-6-14(16)13(15)8-12/h5-6,8,10-11,17H,2-4,7,9H2,1H3. The van der Waals surface area contributed by atoms with Crippen LogP contribution in [0.15, 0.2) is 18.2 Å². The maximum atomic E-state index is 13.0. The summed E-state index contributed by atoms with van der Waals surface area (Å²) in [6.45, 7) is 2.97. The van der Waals surface area contributed by atoms with Crippen LogP contribution >= 0.6 is 11.6 Å². The Hall–Kier alpha value is -0.600. The van der Waals surface area contributed by atoms with Gasteiger partial charge < -0.3 is 5.32 Å². The zero-order valence-corrected chi connectivity index (χ0v) is 10.9. The molecule has 1 atom stereocenters. The quantitative estimate of drug-likeness (QED) is 0.834. The number of benzene rings is 1. The predicted molar refractivity (Wildman–Crippen MR) is 69.7 cm³/mol. The van der Waals surface area contributed by atoms with Crippen LogP contribution in [0, 0.1) is 11.7 Å². The van der Waals surface area contributed by atoms with E-state index in [9.17, 15) is 4.39 Å². The van der Waals surface area contributed by atoms with E-state index in [0.717, 1.165) is 18.0 Å². The van der Waals surface area contributed by atoms with Gasteiger partial charge in [-0.2, -0.15) is 0 Å². The highest BCUT2D eigenvalue weighted by molar-refractivity contribution is 6.30. The first-order valence-corrected chi connectivity index (χ1v) is 6.70. The SMILES string of the molecule is CC(CC1CCC1)NCc1ccc(F)c(Cl)c1. The van der Waals surface area contributed by atoms with Crippen molar-refractivity contribution in [3.05, 3.63) is 34.6 Å². The maximum absolute atomic E-state index is 13.0. The first-order valence-electron chi connectivity index (χ1n) is 6.32. The van der Waals surface area contributed by atoms with Crippen molar-refractivity contribution >= 4 is 11.6 Å². The van der Waals surface area contributed by atoms with E-state index in [4.69, 9.17) is 11.6 Å². The minimum Gasteiger partial charge on any atom is -0.310 e. The zero-order chi connectivity index (χ0) is 12.3. The molecule has 0 heterocycles. The average molecular weight is 256 g/mol. The molecular weight excluding hydrogens is 237 g/mol. The normalized spacial score (nSPS) is 17.8. The Morgan fingerprint density at radius 3 is 2.82 bits per heavy atom. The lowest BCUT2D eigenvalue weighted by Gasteiger charge is -2.28. The third-order valence-electron chi connectivity index (χ3n) is 3.55. The smallest absolute Gasteiger partial charge is 0.141 e. The van der Waals surface area contributed by atoms with E-state index < -0.39 is 0 Å². The van der Waals surface area contributed by atoms with Gasteiger partial charge in [-0.1, -0.05) is 36.9 Å². The van der Waals surface area contributed by atoms with Crippen LogP contribution < -0.4 is 5.32 Å². The van der Waals surface area contributed by atoms with Crippen molar-refractivity contribution in [1.29, 1.82) is 0 Å². The second kappa shape index (κ2) is 5.83. The highest BCUT2D eigenvalue weighted by Crippen LogP contribution is 2.30. The van der Waals surface area contributed by atoms with E-state index >= 15 is 0 Å². The van der Waals surface area contributed by atoms with Crippen LogP contribution in [0.4, 0.5) is 4.39 Å². The van der Waals surface area contributed by atoms with Gasteiger partial charge in [-0.3, -0.25) is 0 Å². The van der Waals surface area contributed by atoms with Gasteiger partial charge in [0.1, 0.15) is 5.82 Å². The minimum absolute atomic E-state index is 0.205. The molecule has 3 heteroatoms. The Balaban J connectivity index is 1.78. The molecule has 17 heavy (non-hydrogen) atoms. The number of nitrogens with one attached hydrogen (secondary N) is 1. The van der Waals surface area contributed by atoms with Crippen molar-refractivity contribution in [2.75, 3.05) is 0 Å². The summed E-state index contributed by atoms with van der Waals surface area (Å²) in [6, 6.07) is 5.42. The third kappa shape index (κ3) is 3.68. The molecule has 0 amide bonds. The molecule has 2 rings (SSSR count). The average Bonchev–Trinajstić information content (AvgIpc) is 2.25. The van der Waals surface area contributed by atoms with Gasteiger partial charge in [0.25, 0.3) is 0 Å². The molecule has 1 unspecified atom stereocenters. The molecule has 0 radical (unpaired) electrons. The largest absolute Gasteiger partial charge is 0.310 e. The fourth-order valence-corrected chi connectivity index (χ4v) is 2.46. The van der Waals surface area contributed by atoms with Gasteiger partial charge >= 0.3 is 0 Å². The van der Waals surface area contributed by atoms with E-state index in [1.165, 1.54) is 31.7 Å². The zero-order valence-electron chi connectivity index (χ0n) is 10.2. The maximum Gasteiger partial charge on any atom is 0.141 e. The van der Waals surface area contributed by atoms with Crippen LogP contribution in [0.3, 0.4) is 0 Å². The van der Waals surface area contributed by atoms with E-state index in [0.29, 0.717) is 6.04 Å². The van der Waals surface area contributed by atoms with Gasteiger partial charge in [0, 0.05) is 12.6 Å². The molecule has 0 aromatic heterocycles. The van der Waals surface area contributed by atoms with Crippen LogP contribution in [-0.4, -0.2) is 6.04 Å². The van der Waals surface area contributed by atoms with E-state index in [2.05, 4.69) is 12.2 Å². The van der Waals surface area contributed by atoms with Crippen molar-refractivity contribution < 1.29 is 4.39 Å². The molecule has 94 valence electrons. The van der Waals surface area contributed by atoms with Crippen LogP contribution in [0.25, 0.3) is 0 Å². The Morgan fingerprint density at radius 2 is 2.24 bits per heavy atom. The summed E-state index contributed by atoms with van der Waals surface area (Å²) in [5, 5.41) is 3.67. The first kappa shape index (κ1) is 12.8. The molecule has 1 saturated carbocycles. The second-order valence-electron chi connectivity index (χ2n) is 5.06. The summed E-state index contributed by atoms with van der Waals surface area (Å²) >= 11 is 5.74. The van der Waals surface area contributed by atoms with E-state index in [1.54, 1.807) is 12.1 Å². The highest BCUT2D eigenvalue weighted by Gasteiger charge is 2.19. The van der Waals surface area contributed by atoms with Gasteiger partial charge in [0.05, 0.1) is 5.02 Å². The lowest BCUT2D eigenvalue weighted by atomic mass is 9.81. The summed E-state index contributed by atoms with van der Waals surface area (Å²) in [4.78, 5) is 0. The van der Waals surface area contributed by atoms with Crippen molar-refractivity contribution in [3.8, 4) is 0 Å². The van der Waals surface area contributed by atoms with Crippen molar-refractivity contribution in [2.24, 2.45) is 5.92 Å². The topological polar surface area (TPSA) is 12.0 Å². The van der Waals surface area contributed by atoms with Crippen LogP contribution in [0.1, 0.15) is 38.2 Å². The van der Waals surface area contributed by atoms with Crippen molar-refractivity contribution in [2.45, 2.75) is 45.2 Å². The summed E-state index contributed by atoms with van der Waals surface area (Å²) in [6.07, 6.45) is 5.41. The molecule has 0 saturated heterocycles. The summed E-state index contributed by atoms with van der Waals surface area (Å²) in [5.41, 5.74) is 1.04. The molecule has 0 bridgehead atoms. The lowest BCUT2D eigenvalue weighted by Crippen LogP contribution is -2.29. The van der Waals surface area contributed by atoms with Gasteiger partial charge in [-0.25, -0.2) is 4.39 Å². The van der Waals surface area contributed by atoms with Crippen LogP contribution in [0.5, 0.6) is 0 Å². The molecular formula is C14H19ClFN. The summed E-state index contributed by atoms with van der Waals surface area (Å²) in [5.74, 6) is 0.562. The van der Waals surface area contributed by atoms with Crippen LogP contribution in [0.2, 0.25) is 5.02 Å². The third-order valence-corrected chi connectivity index (χ3v) is 3.84. The molecule has 0 aliphatic heterocycles. The second-order valence-corrected chi connectivity index (χ2v) is 5.47. The molecule has 1 aliphatic rings. The number of hydrogen-bond acceptors (Lipinski definition) is 1. The van der Waals surface area contributed by atoms with Crippen molar-refractivity contribution in [3.63, 3.8) is 0 Å². The van der Waals surface area contributed by atoms with Gasteiger partial charge in [0.2, 0.25) is 0 Å². The number of hydrogen-bond donors (Lipinski definition) is 1. The number of halogens is 2. The summed E-state index contributed by atoms with van der Waals surface area (Å²) in [7, 11) is 0. The van der Waals surface area contributed by atoms with E-state index in [1.807, 2.05) is 0 Å². The Bertz CT molecular complexity index is 376. The molecule has 1 aromatic rings. The summed E-state index contributed by atoms with van der Waals surface area (Å²) < 4.78 is 13.0. The Labute approximate surface area is 107 Å². The molecule has 1 aromatic carbocycles. The molecule has 1 fully saturated rings. The lowest BCUT2D eigenvalue weighted by molar-refractivity contribution is 0.265.